The van der Waals surface area contributed by atoms with Crippen molar-refractivity contribution in [2.24, 2.45) is 0 Å². The zero-order valence-corrected chi connectivity index (χ0v) is 48.0. The molecule has 9 nitrogen and oxygen atoms in total. The van der Waals surface area contributed by atoms with Crippen molar-refractivity contribution >= 4 is 19.7 Å². The van der Waals surface area contributed by atoms with Crippen molar-refractivity contribution in [3.8, 4) is 0 Å². The Hall–Kier alpha value is -3.07. The first-order valence-corrected chi connectivity index (χ1v) is 30.6. The summed E-state index contributed by atoms with van der Waals surface area (Å²) in [5, 5.41) is 3.02. The molecule has 0 saturated carbocycles. The molecule has 3 atom stereocenters. The minimum Gasteiger partial charge on any atom is -0.456 e. The van der Waals surface area contributed by atoms with Crippen molar-refractivity contribution in [3.05, 3.63) is 97.2 Å². The van der Waals surface area contributed by atoms with Crippen LogP contribution in [0, 0.1) is 0 Å². The van der Waals surface area contributed by atoms with Gasteiger partial charge in [-0.2, -0.15) is 0 Å². The number of nitrogens with one attached hydrogen (secondary N) is 1. The number of likely N-dealkylation sites (N-methyl/N-ethyl adjacent to an activating group) is 1. The molecule has 0 aliphatic heterocycles. The highest BCUT2D eigenvalue weighted by Gasteiger charge is 2.30. The first-order chi connectivity index (χ1) is 34.9. The fourth-order valence-electron chi connectivity index (χ4n) is 7.79. The summed E-state index contributed by atoms with van der Waals surface area (Å²) in [5.41, 5.74) is 0. The number of carbonyl (C=O) groups excluding carboxylic acids is 2. The van der Waals surface area contributed by atoms with E-state index in [1.807, 2.05) is 33.3 Å². The van der Waals surface area contributed by atoms with E-state index in [2.05, 4.69) is 111 Å². The smallest absolute Gasteiger partial charge is 0.456 e. The molecule has 0 saturated heterocycles. The first kappa shape index (κ1) is 68.9. The molecule has 0 rings (SSSR count). The number of hydrogen-bond acceptors (Lipinski definition) is 6. The van der Waals surface area contributed by atoms with Crippen LogP contribution < -0.4 is 5.32 Å². The van der Waals surface area contributed by atoms with Crippen molar-refractivity contribution in [2.75, 3.05) is 40.9 Å². The zero-order valence-electron chi connectivity index (χ0n) is 47.1. The van der Waals surface area contributed by atoms with E-state index in [9.17, 15) is 19.0 Å². The van der Waals surface area contributed by atoms with E-state index in [0.717, 1.165) is 83.5 Å². The van der Waals surface area contributed by atoms with Crippen LogP contribution in [-0.4, -0.2) is 74.3 Å². The molecule has 3 unspecified atom stereocenters. The molecule has 0 heterocycles. The molecule has 0 aromatic heterocycles. The van der Waals surface area contributed by atoms with Crippen molar-refractivity contribution in [3.63, 3.8) is 0 Å². The van der Waals surface area contributed by atoms with Crippen LogP contribution in [0.25, 0.3) is 0 Å². The van der Waals surface area contributed by atoms with E-state index in [1.54, 1.807) is 0 Å². The lowest BCUT2D eigenvalue weighted by Crippen LogP contribution is -2.47. The maximum atomic E-state index is 13.5. The van der Waals surface area contributed by atoms with E-state index in [1.165, 1.54) is 103 Å². The van der Waals surface area contributed by atoms with Crippen LogP contribution in [0.1, 0.15) is 233 Å². The summed E-state index contributed by atoms with van der Waals surface area (Å²) in [6.07, 6.45) is 68.4. The largest absolute Gasteiger partial charge is 0.472 e. The molecule has 72 heavy (non-hydrogen) atoms. The number of ether oxygens (including phenoxy) is 1. The van der Waals surface area contributed by atoms with Gasteiger partial charge in [0.05, 0.1) is 33.8 Å². The lowest BCUT2D eigenvalue weighted by Gasteiger charge is -2.27. The third-order valence-corrected chi connectivity index (χ3v) is 13.3. The molecule has 0 bridgehead atoms. The summed E-state index contributed by atoms with van der Waals surface area (Å²) < 4.78 is 30.6. The summed E-state index contributed by atoms with van der Waals surface area (Å²) in [5.74, 6) is -0.609. The van der Waals surface area contributed by atoms with E-state index >= 15 is 0 Å². The zero-order chi connectivity index (χ0) is 52.9. The van der Waals surface area contributed by atoms with Crippen LogP contribution in [0.2, 0.25) is 0 Å². The van der Waals surface area contributed by atoms with Gasteiger partial charge in [-0.05, 0) is 96.0 Å². The van der Waals surface area contributed by atoms with Crippen molar-refractivity contribution in [2.45, 2.75) is 245 Å². The molecule has 0 spiro atoms. The number of phosphoric acid groups is 1. The molecule has 0 radical (unpaired) electrons. The summed E-state index contributed by atoms with van der Waals surface area (Å²) >= 11 is 0. The van der Waals surface area contributed by atoms with E-state index in [-0.39, 0.29) is 32.0 Å². The number of carbonyl (C=O) groups is 2. The summed E-state index contributed by atoms with van der Waals surface area (Å²) in [7, 11) is 1.44. The van der Waals surface area contributed by atoms with Gasteiger partial charge < -0.3 is 19.4 Å². The van der Waals surface area contributed by atoms with Crippen molar-refractivity contribution in [1.82, 2.24) is 5.32 Å². The lowest BCUT2D eigenvalue weighted by atomic mass is 10.0. The van der Waals surface area contributed by atoms with Gasteiger partial charge in [-0.1, -0.05) is 221 Å². The second-order valence-corrected chi connectivity index (χ2v) is 21.9. The highest BCUT2D eigenvalue weighted by molar-refractivity contribution is 7.47. The number of quaternary nitrogens is 1. The monoisotopic (exact) mass is 1030 g/mol. The van der Waals surface area contributed by atoms with Crippen LogP contribution in [0.3, 0.4) is 0 Å². The predicted octanol–water partition coefficient (Wildman–Crippen LogP) is 17.6. The Morgan fingerprint density at radius 3 is 1.43 bits per heavy atom. The Morgan fingerprint density at radius 1 is 0.514 bits per heavy atom. The Kier molecular flexibility index (Phi) is 49.2. The van der Waals surface area contributed by atoms with Crippen LogP contribution >= 0.6 is 7.82 Å². The van der Waals surface area contributed by atoms with Gasteiger partial charge in [-0.25, -0.2) is 4.57 Å². The number of amides is 1. The standard InChI is InChI=1S/C62H109N2O7P/c1-7-10-13-16-19-22-25-28-30-32-34-37-40-43-46-49-52-55-62(66)71-60(53-50-47-44-41-38-35-27-24-21-18-15-12-9-3)59(58-70-72(67,68)69-57-56-64(4,5)6)63-61(65)54-51-48-45-42-39-36-33-31-29-26-23-20-17-14-11-8-2/h10,13,19,22,28,30-31,33-34,36-37,39,43,46,50,53,59-60H,7-9,11-12,14-18,20-21,23-27,29,32,35,38,40-42,44-45,47-49,51-52,54-58H2,1-6H3,(H-,63,65,67,68)/p+1/b13-10-,22-19-,30-28-,33-31+,37-34-,39-36+,46-43-,53-50+. The molecule has 0 aromatic carbocycles. The van der Waals surface area contributed by atoms with Gasteiger partial charge in [0.25, 0.3) is 0 Å². The Labute approximate surface area is 443 Å². The number of allylic oxidation sites excluding steroid dienone is 15. The third-order valence-electron chi connectivity index (χ3n) is 12.3. The fourth-order valence-corrected chi connectivity index (χ4v) is 8.52. The second kappa shape index (κ2) is 51.4. The van der Waals surface area contributed by atoms with Crippen LogP contribution in [-0.2, 0) is 27.9 Å². The molecule has 0 fully saturated rings. The topological polar surface area (TPSA) is 111 Å². The molecule has 0 aliphatic rings. The average Bonchev–Trinajstić information content (AvgIpc) is 3.34. The summed E-state index contributed by atoms with van der Waals surface area (Å²) in [6.45, 7) is 6.82. The molecular formula is C62H110N2O7P+. The molecule has 10 heteroatoms. The Bertz CT molecular complexity index is 1560. The van der Waals surface area contributed by atoms with Crippen LogP contribution in [0.5, 0.6) is 0 Å². The first-order valence-electron chi connectivity index (χ1n) is 29.1. The normalized spacial score (nSPS) is 14.5. The van der Waals surface area contributed by atoms with Gasteiger partial charge in [-0.15, -0.1) is 0 Å². The van der Waals surface area contributed by atoms with Gasteiger partial charge in [0.1, 0.15) is 19.3 Å². The fraction of sp³-hybridized carbons (Fsp3) is 0.710. The average molecular weight is 1030 g/mol. The predicted molar refractivity (Wildman–Crippen MR) is 309 cm³/mol. The molecular weight excluding hydrogens is 916 g/mol. The number of phosphoric ester groups is 1. The third kappa shape index (κ3) is 51.8. The summed E-state index contributed by atoms with van der Waals surface area (Å²) in [4.78, 5) is 37.6. The van der Waals surface area contributed by atoms with E-state index in [4.69, 9.17) is 13.8 Å². The molecule has 2 N–H and O–H groups in total. The second-order valence-electron chi connectivity index (χ2n) is 20.5. The van der Waals surface area contributed by atoms with Gasteiger partial charge in [0, 0.05) is 12.8 Å². The van der Waals surface area contributed by atoms with Crippen LogP contribution in [0.4, 0.5) is 0 Å². The molecule has 0 aromatic rings. The van der Waals surface area contributed by atoms with Crippen LogP contribution in [0.15, 0.2) is 97.2 Å². The lowest BCUT2D eigenvalue weighted by molar-refractivity contribution is -0.870. The Balaban J connectivity index is 5.52. The summed E-state index contributed by atoms with van der Waals surface area (Å²) in [6, 6.07) is -0.890. The van der Waals surface area contributed by atoms with Gasteiger partial charge in [0.2, 0.25) is 5.91 Å². The molecule has 414 valence electrons. The maximum absolute atomic E-state index is 13.5. The Morgan fingerprint density at radius 2 is 0.944 bits per heavy atom. The SMILES string of the molecule is CC/C=C\C/C=C\C/C=C\C/C=C\C/C=C\CCCC(=O)OC(/C=C/CCCCCCCCCCCCC)C(COP(=O)(O)OCC[N+](C)(C)C)NC(=O)CCCCC/C=C/C=C/CCCCCCCCC. The highest BCUT2D eigenvalue weighted by atomic mass is 31.2. The minimum absolute atomic E-state index is 0.0220. The maximum Gasteiger partial charge on any atom is 0.472 e. The van der Waals surface area contributed by atoms with Crippen molar-refractivity contribution in [1.29, 1.82) is 0 Å². The van der Waals surface area contributed by atoms with Gasteiger partial charge >= 0.3 is 13.8 Å². The number of rotatable bonds is 51. The van der Waals surface area contributed by atoms with Gasteiger partial charge in [0.15, 0.2) is 0 Å². The van der Waals surface area contributed by atoms with E-state index in [0.29, 0.717) is 23.9 Å². The minimum atomic E-state index is -4.47. The quantitative estimate of drug-likeness (QED) is 0.0156. The van der Waals surface area contributed by atoms with E-state index < -0.39 is 25.9 Å². The van der Waals surface area contributed by atoms with Gasteiger partial charge in [-0.3, -0.25) is 18.6 Å². The number of unbranched alkanes of at least 4 members (excludes halogenated alkanes) is 22. The number of nitrogens with zero attached hydrogens (tertiary/aromatic N) is 1. The highest BCUT2D eigenvalue weighted by Crippen LogP contribution is 2.43. The van der Waals surface area contributed by atoms with Crippen molar-refractivity contribution < 1.29 is 37.3 Å². The molecule has 1 amide bonds. The molecule has 0 aliphatic carbocycles. The number of hydrogen-bond donors (Lipinski definition) is 2. The number of esters is 1.